The zero-order valence-corrected chi connectivity index (χ0v) is 12.9. The maximum Gasteiger partial charge on any atom is 0.315 e. The number of nitrogens with one attached hydrogen (secondary N) is 1. The SMILES string of the molecule is CCC(CNC(=O)CC1C=CCC1)(C(=O)O)c1ccccc1. The molecule has 0 saturated carbocycles. The average molecular weight is 301 g/mol. The molecule has 0 spiro atoms. The van der Waals surface area contributed by atoms with E-state index in [9.17, 15) is 14.7 Å². The first-order valence-corrected chi connectivity index (χ1v) is 7.81. The Morgan fingerprint density at radius 3 is 2.59 bits per heavy atom. The number of allylic oxidation sites excluding steroid dienone is 2. The van der Waals surface area contributed by atoms with E-state index in [0.29, 0.717) is 12.8 Å². The molecule has 2 unspecified atom stereocenters. The second-order valence-corrected chi connectivity index (χ2v) is 5.85. The lowest BCUT2D eigenvalue weighted by molar-refractivity contribution is -0.144. The summed E-state index contributed by atoms with van der Waals surface area (Å²) in [5, 5.41) is 12.5. The number of rotatable bonds is 7. The number of carbonyl (C=O) groups is 2. The van der Waals surface area contributed by atoms with Crippen molar-refractivity contribution in [2.24, 2.45) is 5.92 Å². The number of hydrogen-bond acceptors (Lipinski definition) is 2. The zero-order chi connectivity index (χ0) is 16.0. The van der Waals surface area contributed by atoms with E-state index in [4.69, 9.17) is 0 Å². The Bertz CT molecular complexity index is 553. The minimum atomic E-state index is -1.07. The van der Waals surface area contributed by atoms with Gasteiger partial charge in [-0.1, -0.05) is 49.4 Å². The number of carboxylic acid groups (broad SMARTS) is 1. The Kier molecular flexibility index (Phi) is 5.36. The zero-order valence-electron chi connectivity index (χ0n) is 12.9. The largest absolute Gasteiger partial charge is 0.481 e. The fourth-order valence-corrected chi connectivity index (χ4v) is 2.96. The molecular weight excluding hydrogens is 278 g/mol. The van der Waals surface area contributed by atoms with E-state index in [-0.39, 0.29) is 18.4 Å². The lowest BCUT2D eigenvalue weighted by Gasteiger charge is -2.29. The molecular formula is C18H23NO3. The van der Waals surface area contributed by atoms with Crippen LogP contribution in [-0.4, -0.2) is 23.5 Å². The van der Waals surface area contributed by atoms with Gasteiger partial charge in [0.2, 0.25) is 5.91 Å². The summed E-state index contributed by atoms with van der Waals surface area (Å²) in [6.45, 7) is 1.96. The topological polar surface area (TPSA) is 66.4 Å². The van der Waals surface area contributed by atoms with E-state index in [1.165, 1.54) is 0 Å². The van der Waals surface area contributed by atoms with Crippen molar-refractivity contribution in [3.8, 4) is 0 Å². The second-order valence-electron chi connectivity index (χ2n) is 5.85. The first kappa shape index (κ1) is 16.3. The summed E-state index contributed by atoms with van der Waals surface area (Å²) >= 11 is 0. The van der Waals surface area contributed by atoms with Gasteiger partial charge in [0.05, 0.1) is 0 Å². The van der Waals surface area contributed by atoms with Gasteiger partial charge in [0, 0.05) is 13.0 Å². The van der Waals surface area contributed by atoms with Crippen molar-refractivity contribution < 1.29 is 14.7 Å². The van der Waals surface area contributed by atoms with Crippen LogP contribution in [0.5, 0.6) is 0 Å². The molecule has 1 aliphatic rings. The van der Waals surface area contributed by atoms with E-state index < -0.39 is 11.4 Å². The quantitative estimate of drug-likeness (QED) is 0.761. The van der Waals surface area contributed by atoms with Crippen LogP contribution >= 0.6 is 0 Å². The lowest BCUT2D eigenvalue weighted by Crippen LogP contribution is -2.46. The fraction of sp³-hybridized carbons (Fsp3) is 0.444. The minimum absolute atomic E-state index is 0.0773. The molecule has 118 valence electrons. The molecule has 1 amide bonds. The van der Waals surface area contributed by atoms with Gasteiger partial charge < -0.3 is 10.4 Å². The molecule has 0 bridgehead atoms. The maximum atomic E-state index is 12.1. The highest BCUT2D eigenvalue weighted by Crippen LogP contribution is 2.28. The van der Waals surface area contributed by atoms with E-state index in [1.807, 2.05) is 37.3 Å². The van der Waals surface area contributed by atoms with Gasteiger partial charge in [-0.2, -0.15) is 0 Å². The normalized spacial score (nSPS) is 19.6. The van der Waals surface area contributed by atoms with Crippen LogP contribution in [0.25, 0.3) is 0 Å². The Hall–Kier alpha value is -2.10. The van der Waals surface area contributed by atoms with Gasteiger partial charge in [0.15, 0.2) is 0 Å². The Morgan fingerprint density at radius 2 is 2.05 bits per heavy atom. The molecule has 2 atom stereocenters. The van der Waals surface area contributed by atoms with Crippen LogP contribution in [0.4, 0.5) is 0 Å². The van der Waals surface area contributed by atoms with Crippen LogP contribution in [0.3, 0.4) is 0 Å². The van der Waals surface area contributed by atoms with Crippen molar-refractivity contribution in [2.45, 2.75) is 38.0 Å². The van der Waals surface area contributed by atoms with Crippen molar-refractivity contribution in [3.63, 3.8) is 0 Å². The summed E-state index contributed by atoms with van der Waals surface area (Å²) in [4.78, 5) is 23.9. The Morgan fingerprint density at radius 1 is 1.32 bits per heavy atom. The molecule has 2 rings (SSSR count). The average Bonchev–Trinajstić information content (AvgIpc) is 3.02. The summed E-state index contributed by atoms with van der Waals surface area (Å²) in [5.41, 5.74) is -0.339. The predicted octanol–water partition coefficient (Wildman–Crippen LogP) is 2.89. The van der Waals surface area contributed by atoms with Gasteiger partial charge in [0.25, 0.3) is 0 Å². The third-order valence-electron chi connectivity index (χ3n) is 4.49. The highest BCUT2D eigenvalue weighted by molar-refractivity contribution is 5.83. The van der Waals surface area contributed by atoms with E-state index in [0.717, 1.165) is 18.4 Å². The lowest BCUT2D eigenvalue weighted by atomic mass is 9.78. The monoisotopic (exact) mass is 301 g/mol. The number of carbonyl (C=O) groups excluding carboxylic acids is 1. The standard InChI is InChI=1S/C18H23NO3/c1-2-18(17(21)22,15-10-4-3-5-11-15)13-19-16(20)12-14-8-6-7-9-14/h3-6,8,10-11,14H,2,7,9,12-13H2,1H3,(H,19,20)(H,21,22). The van der Waals surface area contributed by atoms with Crippen molar-refractivity contribution in [2.75, 3.05) is 6.54 Å². The molecule has 1 aromatic rings. The van der Waals surface area contributed by atoms with Crippen molar-refractivity contribution in [1.29, 1.82) is 0 Å². The highest BCUT2D eigenvalue weighted by atomic mass is 16.4. The number of carboxylic acids is 1. The van der Waals surface area contributed by atoms with Gasteiger partial charge in [0.1, 0.15) is 5.41 Å². The third kappa shape index (κ3) is 3.56. The van der Waals surface area contributed by atoms with Gasteiger partial charge in [-0.05, 0) is 30.7 Å². The van der Waals surface area contributed by atoms with Crippen molar-refractivity contribution >= 4 is 11.9 Å². The predicted molar refractivity (Wildman–Crippen MR) is 85.5 cm³/mol. The maximum absolute atomic E-state index is 12.1. The molecule has 0 aliphatic heterocycles. The summed E-state index contributed by atoms with van der Waals surface area (Å²) in [7, 11) is 0. The third-order valence-corrected chi connectivity index (χ3v) is 4.49. The van der Waals surface area contributed by atoms with Crippen LogP contribution in [0, 0.1) is 5.92 Å². The first-order chi connectivity index (χ1) is 10.6. The van der Waals surface area contributed by atoms with E-state index >= 15 is 0 Å². The first-order valence-electron chi connectivity index (χ1n) is 7.81. The molecule has 4 heteroatoms. The molecule has 0 radical (unpaired) electrons. The number of amides is 1. The van der Waals surface area contributed by atoms with Gasteiger partial charge >= 0.3 is 5.97 Å². The number of benzene rings is 1. The Labute approximate surface area is 131 Å². The van der Waals surface area contributed by atoms with Gasteiger partial charge in [-0.25, -0.2) is 0 Å². The van der Waals surface area contributed by atoms with Gasteiger partial charge in [-0.3, -0.25) is 9.59 Å². The van der Waals surface area contributed by atoms with Crippen LogP contribution in [0.1, 0.15) is 38.2 Å². The summed E-state index contributed by atoms with van der Waals surface area (Å²) < 4.78 is 0. The molecule has 0 saturated heterocycles. The van der Waals surface area contributed by atoms with Crippen LogP contribution in [0.15, 0.2) is 42.5 Å². The summed E-state index contributed by atoms with van der Waals surface area (Å²) in [5.74, 6) is -0.689. The van der Waals surface area contributed by atoms with Crippen LogP contribution < -0.4 is 5.32 Å². The fourth-order valence-electron chi connectivity index (χ4n) is 2.96. The summed E-state index contributed by atoms with van der Waals surface area (Å²) in [6.07, 6.45) is 7.05. The van der Waals surface area contributed by atoms with Crippen molar-refractivity contribution in [3.05, 3.63) is 48.0 Å². The number of hydrogen-bond donors (Lipinski definition) is 2. The van der Waals surface area contributed by atoms with E-state index in [1.54, 1.807) is 0 Å². The Balaban J connectivity index is 2.05. The van der Waals surface area contributed by atoms with E-state index in [2.05, 4.69) is 17.5 Å². The second kappa shape index (κ2) is 7.25. The summed E-state index contributed by atoms with van der Waals surface area (Å²) in [6, 6.07) is 9.13. The van der Waals surface area contributed by atoms with Crippen LogP contribution in [0.2, 0.25) is 0 Å². The molecule has 1 aromatic carbocycles. The molecule has 2 N–H and O–H groups in total. The highest BCUT2D eigenvalue weighted by Gasteiger charge is 2.39. The molecule has 4 nitrogen and oxygen atoms in total. The smallest absolute Gasteiger partial charge is 0.315 e. The molecule has 0 fully saturated rings. The van der Waals surface area contributed by atoms with Crippen molar-refractivity contribution in [1.82, 2.24) is 5.32 Å². The number of aliphatic carboxylic acids is 1. The van der Waals surface area contributed by atoms with Crippen LogP contribution in [-0.2, 0) is 15.0 Å². The molecule has 0 heterocycles. The molecule has 1 aliphatic carbocycles. The van der Waals surface area contributed by atoms with Gasteiger partial charge in [-0.15, -0.1) is 0 Å². The molecule has 22 heavy (non-hydrogen) atoms. The molecule has 0 aromatic heterocycles. The minimum Gasteiger partial charge on any atom is -0.481 e.